The number of carboxylic acid groups (broad SMARTS) is 1. The van der Waals surface area contributed by atoms with Crippen molar-refractivity contribution in [1.29, 1.82) is 0 Å². The average Bonchev–Trinajstić information content (AvgIpc) is 2.25. The first-order valence-corrected chi connectivity index (χ1v) is 5.95. The van der Waals surface area contributed by atoms with Crippen LogP contribution in [0.5, 0.6) is 0 Å². The van der Waals surface area contributed by atoms with Crippen LogP contribution in [-0.2, 0) is 14.3 Å². The minimum absolute atomic E-state index is 0.0525. The zero-order chi connectivity index (χ0) is 13.1. The molecule has 98 valence electrons. The number of ether oxygens (including phenoxy) is 1. The van der Waals surface area contributed by atoms with E-state index in [1.165, 1.54) is 0 Å². The molecule has 2 N–H and O–H groups in total. The van der Waals surface area contributed by atoms with Crippen LogP contribution < -0.4 is 5.32 Å². The van der Waals surface area contributed by atoms with Gasteiger partial charge in [-0.2, -0.15) is 0 Å². The van der Waals surface area contributed by atoms with E-state index in [0.717, 1.165) is 0 Å². The molecule has 0 aromatic carbocycles. The van der Waals surface area contributed by atoms with Gasteiger partial charge in [-0.1, -0.05) is 0 Å². The van der Waals surface area contributed by atoms with Crippen LogP contribution in [-0.4, -0.2) is 36.2 Å². The molecule has 0 spiro atoms. The maximum absolute atomic E-state index is 11.9. The molecule has 1 rings (SSSR count). The van der Waals surface area contributed by atoms with Gasteiger partial charge in [-0.25, -0.2) is 0 Å². The van der Waals surface area contributed by atoms with Crippen LogP contribution in [0.4, 0.5) is 0 Å². The van der Waals surface area contributed by atoms with Gasteiger partial charge in [0.15, 0.2) is 0 Å². The average molecular weight is 243 g/mol. The molecule has 0 saturated carbocycles. The van der Waals surface area contributed by atoms with E-state index in [0.29, 0.717) is 19.4 Å². The third-order valence-corrected chi connectivity index (χ3v) is 3.14. The molecule has 1 aliphatic rings. The van der Waals surface area contributed by atoms with Gasteiger partial charge in [-0.15, -0.1) is 0 Å². The third-order valence-electron chi connectivity index (χ3n) is 3.14. The number of amides is 1. The topological polar surface area (TPSA) is 75.6 Å². The summed E-state index contributed by atoms with van der Waals surface area (Å²) < 4.78 is 5.37. The molecule has 1 aliphatic heterocycles. The van der Waals surface area contributed by atoms with Crippen LogP contribution in [0, 0.1) is 11.3 Å². The van der Waals surface area contributed by atoms with Crippen LogP contribution >= 0.6 is 0 Å². The molecule has 0 radical (unpaired) electrons. The Morgan fingerprint density at radius 2 is 2.12 bits per heavy atom. The van der Waals surface area contributed by atoms with Gasteiger partial charge in [0.05, 0.1) is 11.5 Å². The highest BCUT2D eigenvalue weighted by molar-refractivity contribution is 5.80. The van der Waals surface area contributed by atoms with Crippen molar-refractivity contribution in [3.05, 3.63) is 0 Å². The number of rotatable bonds is 4. The van der Waals surface area contributed by atoms with Crippen LogP contribution in [0.3, 0.4) is 0 Å². The molecule has 1 amide bonds. The Morgan fingerprint density at radius 1 is 1.47 bits per heavy atom. The Balaban J connectivity index is 2.41. The molecule has 17 heavy (non-hydrogen) atoms. The second-order valence-corrected chi connectivity index (χ2v) is 5.31. The molecular weight excluding hydrogens is 222 g/mol. The van der Waals surface area contributed by atoms with Crippen molar-refractivity contribution < 1.29 is 19.4 Å². The van der Waals surface area contributed by atoms with Crippen LogP contribution in [0.1, 0.15) is 33.6 Å². The number of carboxylic acids is 1. The Hall–Kier alpha value is -1.10. The van der Waals surface area contributed by atoms with Gasteiger partial charge in [0.2, 0.25) is 5.91 Å². The van der Waals surface area contributed by atoms with Crippen molar-refractivity contribution >= 4 is 11.9 Å². The van der Waals surface area contributed by atoms with Crippen molar-refractivity contribution in [2.75, 3.05) is 13.2 Å². The standard InChI is InChI=1S/C12H21NO4/c1-8-6-9(4-5-17-8)10(14)13-7-12(2,3)11(15)16/h8-9H,4-7H2,1-3H3,(H,13,14)(H,15,16). The summed E-state index contributed by atoms with van der Waals surface area (Å²) in [6.07, 6.45) is 1.52. The Labute approximate surface area is 102 Å². The first-order valence-electron chi connectivity index (χ1n) is 5.95. The molecule has 5 heteroatoms. The fraction of sp³-hybridized carbons (Fsp3) is 0.833. The Kier molecular flexibility index (Phi) is 4.51. The lowest BCUT2D eigenvalue weighted by atomic mass is 9.92. The number of nitrogens with one attached hydrogen (secondary N) is 1. The smallest absolute Gasteiger partial charge is 0.310 e. The summed E-state index contributed by atoms with van der Waals surface area (Å²) in [6, 6.07) is 0. The van der Waals surface area contributed by atoms with Gasteiger partial charge in [0.1, 0.15) is 0 Å². The lowest BCUT2D eigenvalue weighted by molar-refractivity contribution is -0.147. The van der Waals surface area contributed by atoms with E-state index in [1.54, 1.807) is 13.8 Å². The van der Waals surface area contributed by atoms with Crippen molar-refractivity contribution in [3.8, 4) is 0 Å². The molecule has 1 fully saturated rings. The van der Waals surface area contributed by atoms with E-state index in [-0.39, 0.29) is 24.5 Å². The van der Waals surface area contributed by atoms with Crippen LogP contribution in [0.2, 0.25) is 0 Å². The highest BCUT2D eigenvalue weighted by atomic mass is 16.5. The van der Waals surface area contributed by atoms with Gasteiger partial charge >= 0.3 is 5.97 Å². The zero-order valence-electron chi connectivity index (χ0n) is 10.7. The van der Waals surface area contributed by atoms with Crippen molar-refractivity contribution in [1.82, 2.24) is 5.32 Å². The SMILES string of the molecule is CC1CC(C(=O)NCC(C)(C)C(=O)O)CCO1. The summed E-state index contributed by atoms with van der Waals surface area (Å²) in [5.41, 5.74) is -0.924. The maximum atomic E-state index is 11.9. The molecular formula is C12H21NO4. The van der Waals surface area contributed by atoms with Gasteiger partial charge in [0.25, 0.3) is 0 Å². The first-order chi connectivity index (χ1) is 7.83. The van der Waals surface area contributed by atoms with Crippen molar-refractivity contribution in [2.24, 2.45) is 11.3 Å². The third kappa shape index (κ3) is 4.00. The van der Waals surface area contributed by atoms with Crippen LogP contribution in [0.25, 0.3) is 0 Å². The molecule has 0 bridgehead atoms. The number of hydrogen-bond acceptors (Lipinski definition) is 3. The Morgan fingerprint density at radius 3 is 2.65 bits per heavy atom. The van der Waals surface area contributed by atoms with Crippen molar-refractivity contribution in [3.63, 3.8) is 0 Å². The number of hydrogen-bond donors (Lipinski definition) is 2. The molecule has 1 saturated heterocycles. The summed E-state index contributed by atoms with van der Waals surface area (Å²) in [4.78, 5) is 22.7. The summed E-state index contributed by atoms with van der Waals surface area (Å²) in [5, 5.41) is 11.7. The lowest BCUT2D eigenvalue weighted by Crippen LogP contribution is -2.43. The van der Waals surface area contributed by atoms with Gasteiger partial charge in [-0.3, -0.25) is 9.59 Å². The Bertz CT molecular complexity index is 301. The fourth-order valence-electron chi connectivity index (χ4n) is 1.76. The summed E-state index contributed by atoms with van der Waals surface area (Å²) in [7, 11) is 0. The summed E-state index contributed by atoms with van der Waals surface area (Å²) in [6.45, 7) is 5.90. The molecule has 0 aromatic heterocycles. The largest absolute Gasteiger partial charge is 0.481 e. The van der Waals surface area contributed by atoms with E-state index in [9.17, 15) is 9.59 Å². The van der Waals surface area contributed by atoms with E-state index >= 15 is 0 Å². The minimum atomic E-state index is -0.924. The van der Waals surface area contributed by atoms with Gasteiger partial charge in [-0.05, 0) is 33.6 Å². The normalized spacial score (nSPS) is 25.4. The molecule has 0 aliphatic carbocycles. The minimum Gasteiger partial charge on any atom is -0.481 e. The van der Waals surface area contributed by atoms with E-state index < -0.39 is 11.4 Å². The second-order valence-electron chi connectivity index (χ2n) is 5.31. The highest BCUT2D eigenvalue weighted by Gasteiger charge is 2.30. The molecule has 2 atom stereocenters. The number of aliphatic carboxylic acids is 1. The van der Waals surface area contributed by atoms with Crippen molar-refractivity contribution in [2.45, 2.75) is 39.7 Å². The second kappa shape index (κ2) is 5.49. The summed E-state index contributed by atoms with van der Waals surface area (Å²) in [5.74, 6) is -1.02. The fourth-order valence-corrected chi connectivity index (χ4v) is 1.76. The van der Waals surface area contributed by atoms with E-state index in [4.69, 9.17) is 9.84 Å². The zero-order valence-corrected chi connectivity index (χ0v) is 10.7. The monoisotopic (exact) mass is 243 g/mol. The first kappa shape index (κ1) is 14.0. The van der Waals surface area contributed by atoms with Crippen LogP contribution in [0.15, 0.2) is 0 Å². The molecule has 1 heterocycles. The highest BCUT2D eigenvalue weighted by Crippen LogP contribution is 2.20. The van der Waals surface area contributed by atoms with Gasteiger partial charge in [0, 0.05) is 19.1 Å². The quantitative estimate of drug-likeness (QED) is 0.773. The maximum Gasteiger partial charge on any atom is 0.310 e. The molecule has 5 nitrogen and oxygen atoms in total. The predicted octanol–water partition coefficient (Wildman–Crippen LogP) is 1.03. The van der Waals surface area contributed by atoms with E-state index in [2.05, 4.69) is 5.32 Å². The molecule has 2 unspecified atom stereocenters. The van der Waals surface area contributed by atoms with E-state index in [1.807, 2.05) is 6.92 Å². The number of carbonyl (C=O) groups is 2. The van der Waals surface area contributed by atoms with Gasteiger partial charge < -0.3 is 15.2 Å². The number of carbonyl (C=O) groups excluding carboxylic acids is 1. The predicted molar refractivity (Wildman–Crippen MR) is 62.6 cm³/mol. The molecule has 0 aromatic rings. The lowest BCUT2D eigenvalue weighted by Gasteiger charge is -2.27. The summed E-state index contributed by atoms with van der Waals surface area (Å²) >= 11 is 0.